The normalized spacial score (nSPS) is 10.5. The van der Waals surface area contributed by atoms with Gasteiger partial charge >= 0.3 is 0 Å². The van der Waals surface area contributed by atoms with Crippen molar-refractivity contribution in [3.8, 4) is 0 Å². The second-order valence-corrected chi connectivity index (χ2v) is 4.14. The molecule has 91 valence electrons. The maximum absolute atomic E-state index is 10.9. The van der Waals surface area contributed by atoms with Crippen LogP contribution >= 0.6 is 0 Å². The minimum Gasteiger partial charge on any atom is -0.258 e. The lowest BCUT2D eigenvalue weighted by atomic mass is 9.96. The van der Waals surface area contributed by atoms with Crippen LogP contribution in [0.25, 0.3) is 0 Å². The molecule has 0 atom stereocenters. The van der Waals surface area contributed by atoms with Crippen molar-refractivity contribution < 1.29 is 4.92 Å². The van der Waals surface area contributed by atoms with E-state index >= 15 is 0 Å². The average molecular weight is 232 g/mol. The van der Waals surface area contributed by atoms with Crippen LogP contribution in [0.3, 0.4) is 0 Å². The third-order valence-corrected chi connectivity index (χ3v) is 2.77. The minimum absolute atomic E-state index is 0.162. The lowest BCUT2D eigenvalue weighted by Crippen LogP contribution is -1.97. The summed E-state index contributed by atoms with van der Waals surface area (Å²) >= 11 is 0. The molecule has 0 aliphatic rings. The molecular weight excluding hydrogens is 214 g/mol. The molecule has 17 heavy (non-hydrogen) atoms. The van der Waals surface area contributed by atoms with Gasteiger partial charge in [0.1, 0.15) is 0 Å². The topological polar surface area (TPSA) is 43.1 Å². The Balaban J connectivity index is 3.09. The Bertz CT molecular complexity index is 413. The van der Waals surface area contributed by atoms with Crippen molar-refractivity contribution in [1.82, 2.24) is 0 Å². The van der Waals surface area contributed by atoms with Crippen molar-refractivity contribution >= 4 is 5.69 Å². The number of nitro groups is 1. The van der Waals surface area contributed by atoms with Crippen LogP contribution < -0.4 is 0 Å². The molecule has 0 saturated heterocycles. The quantitative estimate of drug-likeness (QED) is 0.548. The third kappa shape index (κ3) is 3.70. The van der Waals surface area contributed by atoms with Gasteiger partial charge in [0.25, 0.3) is 5.69 Å². The number of rotatable bonds is 6. The van der Waals surface area contributed by atoms with Crippen molar-refractivity contribution in [2.45, 2.75) is 33.1 Å². The zero-order valence-electron chi connectivity index (χ0n) is 10.4. The Labute approximate surface area is 102 Å². The van der Waals surface area contributed by atoms with E-state index in [1.54, 1.807) is 18.2 Å². The molecule has 0 saturated carbocycles. The molecule has 1 aromatic carbocycles. The first-order chi connectivity index (χ1) is 8.08. The number of allylic oxidation sites excluding steroid dienone is 1. The molecule has 1 aromatic rings. The second-order valence-electron chi connectivity index (χ2n) is 4.14. The van der Waals surface area contributed by atoms with E-state index in [1.807, 2.05) is 13.0 Å². The molecule has 3 heteroatoms. The maximum Gasteiger partial charge on any atom is 0.270 e. The fraction of sp³-hybridized carbons (Fsp3) is 0.357. The van der Waals surface area contributed by atoms with E-state index < -0.39 is 0 Å². The molecule has 3 nitrogen and oxygen atoms in total. The van der Waals surface area contributed by atoms with Crippen molar-refractivity contribution in [3.05, 3.63) is 58.0 Å². The van der Waals surface area contributed by atoms with Gasteiger partial charge in [-0.2, -0.15) is 0 Å². The molecule has 0 spiro atoms. The predicted molar refractivity (Wildman–Crippen MR) is 69.9 cm³/mol. The summed E-state index contributed by atoms with van der Waals surface area (Å²) in [7, 11) is 0. The number of hydrogen-bond acceptors (Lipinski definition) is 2. The Morgan fingerprint density at radius 1 is 1.47 bits per heavy atom. The highest BCUT2D eigenvalue weighted by Gasteiger charge is 2.12. The number of aryl methyl sites for hydroxylation is 1. The standard InChI is InChI=1S/C14H18NO2/c1-4-6-7-12-8-13(11(3)5-2)10-14(9-12)15(16)17/h5,8-10H,2,4,6-7H2,1,3H3. The van der Waals surface area contributed by atoms with Gasteiger partial charge < -0.3 is 0 Å². The Morgan fingerprint density at radius 3 is 2.71 bits per heavy atom. The van der Waals surface area contributed by atoms with Gasteiger partial charge in [-0.15, -0.1) is 6.58 Å². The summed E-state index contributed by atoms with van der Waals surface area (Å²) in [6.45, 7) is 7.72. The summed E-state index contributed by atoms with van der Waals surface area (Å²) in [5, 5.41) is 10.9. The van der Waals surface area contributed by atoms with Crippen molar-refractivity contribution in [3.63, 3.8) is 0 Å². The number of unbranched alkanes of at least 4 members (excludes halogenated alkanes) is 1. The molecule has 0 aromatic heterocycles. The fourth-order valence-corrected chi connectivity index (χ4v) is 1.65. The molecule has 0 amide bonds. The van der Waals surface area contributed by atoms with E-state index in [1.165, 1.54) is 0 Å². The minimum atomic E-state index is -0.338. The summed E-state index contributed by atoms with van der Waals surface area (Å²) in [6, 6.07) is 5.28. The van der Waals surface area contributed by atoms with E-state index in [4.69, 9.17) is 0 Å². The van der Waals surface area contributed by atoms with Crippen LogP contribution in [0.5, 0.6) is 0 Å². The monoisotopic (exact) mass is 232 g/mol. The molecule has 0 fully saturated rings. The lowest BCUT2D eigenvalue weighted by molar-refractivity contribution is -0.385. The Morgan fingerprint density at radius 2 is 2.18 bits per heavy atom. The molecular formula is C14H18NO2. The largest absolute Gasteiger partial charge is 0.270 e. The van der Waals surface area contributed by atoms with Crippen LogP contribution in [0.1, 0.15) is 37.8 Å². The summed E-state index contributed by atoms with van der Waals surface area (Å²) in [4.78, 5) is 10.5. The molecule has 0 aliphatic carbocycles. The zero-order chi connectivity index (χ0) is 12.8. The van der Waals surface area contributed by atoms with E-state index in [9.17, 15) is 10.1 Å². The highest BCUT2D eigenvalue weighted by atomic mass is 16.6. The van der Waals surface area contributed by atoms with Gasteiger partial charge in [0.05, 0.1) is 4.92 Å². The first-order valence-corrected chi connectivity index (χ1v) is 5.83. The molecule has 0 heterocycles. The summed E-state index contributed by atoms with van der Waals surface area (Å²) in [5.74, 6) is 0.964. The van der Waals surface area contributed by atoms with Gasteiger partial charge in [-0.05, 0) is 24.0 Å². The fourth-order valence-electron chi connectivity index (χ4n) is 1.65. The van der Waals surface area contributed by atoms with E-state index in [-0.39, 0.29) is 10.6 Å². The highest BCUT2D eigenvalue weighted by molar-refractivity contribution is 5.46. The molecule has 0 aliphatic heterocycles. The van der Waals surface area contributed by atoms with Crippen LogP contribution in [-0.2, 0) is 6.42 Å². The van der Waals surface area contributed by atoms with Crippen LogP contribution in [0.4, 0.5) is 5.69 Å². The average Bonchev–Trinajstić information content (AvgIpc) is 2.34. The zero-order valence-corrected chi connectivity index (χ0v) is 10.4. The first kappa shape index (κ1) is 13.4. The number of nitro benzene ring substituents is 1. The van der Waals surface area contributed by atoms with Gasteiger partial charge in [-0.3, -0.25) is 10.1 Å². The predicted octanol–water partition coefficient (Wildman–Crippen LogP) is 4.07. The molecule has 0 N–H and O–H groups in total. The van der Waals surface area contributed by atoms with E-state index in [2.05, 4.69) is 13.5 Å². The van der Waals surface area contributed by atoms with Gasteiger partial charge in [-0.25, -0.2) is 0 Å². The van der Waals surface area contributed by atoms with Crippen molar-refractivity contribution in [2.75, 3.05) is 0 Å². The van der Waals surface area contributed by atoms with Gasteiger partial charge in [-0.1, -0.05) is 32.4 Å². The number of nitrogens with zero attached hydrogens (tertiary/aromatic N) is 1. The molecule has 0 bridgehead atoms. The summed E-state index contributed by atoms with van der Waals surface area (Å²) in [6.07, 6.45) is 4.74. The van der Waals surface area contributed by atoms with Gasteiger partial charge in [0.2, 0.25) is 0 Å². The summed E-state index contributed by atoms with van der Waals surface area (Å²) < 4.78 is 0. The molecule has 1 radical (unpaired) electrons. The SMILES string of the molecule is C=C[C](C)c1cc(CCCC)cc([N+](=O)[O-])c1. The highest BCUT2D eigenvalue weighted by Crippen LogP contribution is 2.24. The molecule has 0 unspecified atom stereocenters. The van der Waals surface area contributed by atoms with Crippen LogP contribution in [0.2, 0.25) is 0 Å². The van der Waals surface area contributed by atoms with Gasteiger partial charge in [0, 0.05) is 18.1 Å². The molecule has 1 rings (SSSR count). The van der Waals surface area contributed by atoms with Gasteiger partial charge in [0.15, 0.2) is 0 Å². The smallest absolute Gasteiger partial charge is 0.258 e. The maximum atomic E-state index is 10.9. The lowest BCUT2D eigenvalue weighted by Gasteiger charge is -2.08. The van der Waals surface area contributed by atoms with Crippen molar-refractivity contribution in [2.24, 2.45) is 0 Å². The van der Waals surface area contributed by atoms with Crippen LogP contribution in [0.15, 0.2) is 30.9 Å². The Kier molecular flexibility index (Phi) is 4.88. The first-order valence-electron chi connectivity index (χ1n) is 5.83. The third-order valence-electron chi connectivity index (χ3n) is 2.77. The Hall–Kier alpha value is -1.64. The number of non-ortho nitro benzene ring substituents is 1. The van der Waals surface area contributed by atoms with Crippen LogP contribution in [-0.4, -0.2) is 4.92 Å². The number of hydrogen-bond donors (Lipinski definition) is 0. The summed E-state index contributed by atoms with van der Waals surface area (Å²) in [5.41, 5.74) is 2.08. The second kappa shape index (κ2) is 6.18. The van der Waals surface area contributed by atoms with E-state index in [0.29, 0.717) is 0 Å². The van der Waals surface area contributed by atoms with Crippen molar-refractivity contribution in [1.29, 1.82) is 0 Å². The van der Waals surface area contributed by atoms with Crippen LogP contribution in [0, 0.1) is 16.0 Å². The van der Waals surface area contributed by atoms with E-state index in [0.717, 1.165) is 36.3 Å². The number of benzene rings is 1.